The summed E-state index contributed by atoms with van der Waals surface area (Å²) < 4.78 is 25.9. The van der Waals surface area contributed by atoms with Crippen LogP contribution in [0.25, 0.3) is 11.1 Å². The molecule has 8 heteroatoms. The Balaban J connectivity index is 1.64. The van der Waals surface area contributed by atoms with Crippen LogP contribution < -0.4 is 10.6 Å². The normalized spacial score (nSPS) is 18.1. The van der Waals surface area contributed by atoms with E-state index in [9.17, 15) is 9.59 Å². The standard InChI is InChI=1S/C32H44FN3O4/c1-22(2)36(27-8-6-15-34-21-27)32(38)25-9-11-28(23(19-25)7-4-5-16-39-3)29-20-24(10-12-30(29)33)31(37)35-26-13-17-40-18-14-26/h9-12,19-20,22,26-27,34H,4-8,13-18,21H2,1-3H3,(H,35,37). The van der Waals surface area contributed by atoms with Gasteiger partial charge in [0.2, 0.25) is 0 Å². The monoisotopic (exact) mass is 553 g/mol. The number of carbonyl (C=O) groups is 2. The van der Waals surface area contributed by atoms with Gasteiger partial charge >= 0.3 is 0 Å². The molecule has 0 radical (unpaired) electrons. The van der Waals surface area contributed by atoms with Crippen LogP contribution in [0.2, 0.25) is 0 Å². The maximum atomic E-state index is 15.3. The van der Waals surface area contributed by atoms with Gasteiger partial charge in [-0.1, -0.05) is 6.07 Å². The van der Waals surface area contributed by atoms with Crippen molar-refractivity contribution in [2.45, 2.75) is 76.9 Å². The minimum atomic E-state index is -0.392. The van der Waals surface area contributed by atoms with E-state index in [2.05, 4.69) is 24.5 Å². The van der Waals surface area contributed by atoms with Crippen LogP contribution >= 0.6 is 0 Å². The number of benzene rings is 2. The van der Waals surface area contributed by atoms with E-state index in [1.165, 1.54) is 12.1 Å². The summed E-state index contributed by atoms with van der Waals surface area (Å²) in [5.74, 6) is -0.606. The molecule has 2 aromatic carbocycles. The molecule has 2 aromatic rings. The number of nitrogens with one attached hydrogen (secondary N) is 2. The molecule has 2 aliphatic rings. The van der Waals surface area contributed by atoms with E-state index in [1.807, 2.05) is 17.0 Å². The van der Waals surface area contributed by atoms with Gasteiger partial charge in [0.05, 0.1) is 0 Å². The van der Waals surface area contributed by atoms with Crippen LogP contribution in [-0.2, 0) is 15.9 Å². The Hall–Kier alpha value is -2.81. The molecular weight excluding hydrogens is 509 g/mol. The molecule has 2 saturated heterocycles. The quantitative estimate of drug-likeness (QED) is 0.384. The number of nitrogens with zero attached hydrogens (tertiary/aromatic N) is 1. The van der Waals surface area contributed by atoms with Gasteiger partial charge in [0.15, 0.2) is 0 Å². The summed E-state index contributed by atoms with van der Waals surface area (Å²) in [4.78, 5) is 28.8. The molecular formula is C32H44FN3O4. The third kappa shape index (κ3) is 7.68. The zero-order chi connectivity index (χ0) is 28.5. The number of carbonyl (C=O) groups excluding carboxylic acids is 2. The fourth-order valence-corrected chi connectivity index (χ4v) is 5.78. The number of amides is 2. The number of piperidine rings is 1. The second kappa shape index (κ2) is 14.7. The number of halogens is 1. The number of hydrogen-bond acceptors (Lipinski definition) is 5. The number of methoxy groups -OCH3 is 1. The van der Waals surface area contributed by atoms with E-state index in [-0.39, 0.29) is 29.9 Å². The molecule has 2 amide bonds. The number of rotatable bonds is 11. The third-order valence-electron chi connectivity index (χ3n) is 7.93. The fraction of sp³-hybridized carbons (Fsp3) is 0.562. The van der Waals surface area contributed by atoms with Crippen molar-refractivity contribution in [1.82, 2.24) is 15.5 Å². The highest BCUT2D eigenvalue weighted by atomic mass is 19.1. The molecule has 2 N–H and O–H groups in total. The summed E-state index contributed by atoms with van der Waals surface area (Å²) >= 11 is 0. The van der Waals surface area contributed by atoms with E-state index in [1.54, 1.807) is 19.2 Å². The minimum absolute atomic E-state index is 0.00143. The number of unbranched alkanes of at least 4 members (excludes halogenated alkanes) is 1. The molecule has 0 spiro atoms. The SMILES string of the molecule is COCCCCc1cc(C(=O)N(C(C)C)C2CCCNC2)ccc1-c1cc(C(=O)NC2CCOCC2)ccc1F. The lowest BCUT2D eigenvalue weighted by molar-refractivity contribution is 0.0573. The Morgan fingerprint density at radius 3 is 2.55 bits per heavy atom. The average Bonchev–Trinajstić information content (AvgIpc) is 2.96. The lowest BCUT2D eigenvalue weighted by atomic mass is 9.92. The molecule has 218 valence electrons. The number of ether oxygens (including phenoxy) is 2. The zero-order valence-electron chi connectivity index (χ0n) is 24.1. The lowest BCUT2D eigenvalue weighted by Gasteiger charge is -2.37. The van der Waals surface area contributed by atoms with Gasteiger partial charge in [0.25, 0.3) is 11.8 Å². The van der Waals surface area contributed by atoms with Crippen molar-refractivity contribution in [1.29, 1.82) is 0 Å². The van der Waals surface area contributed by atoms with Crippen LogP contribution in [0.5, 0.6) is 0 Å². The first-order chi connectivity index (χ1) is 19.4. The smallest absolute Gasteiger partial charge is 0.254 e. The van der Waals surface area contributed by atoms with Gasteiger partial charge in [-0.3, -0.25) is 9.59 Å². The van der Waals surface area contributed by atoms with Crippen molar-refractivity contribution in [3.8, 4) is 11.1 Å². The van der Waals surface area contributed by atoms with Crippen LogP contribution in [-0.4, -0.2) is 74.9 Å². The Kier molecular flexibility index (Phi) is 11.1. The first-order valence-corrected chi connectivity index (χ1v) is 14.7. The lowest BCUT2D eigenvalue weighted by Crippen LogP contribution is -2.51. The third-order valence-corrected chi connectivity index (χ3v) is 7.93. The second-order valence-electron chi connectivity index (χ2n) is 11.2. The van der Waals surface area contributed by atoms with E-state index >= 15 is 4.39 Å². The Morgan fingerprint density at radius 2 is 1.85 bits per heavy atom. The predicted molar refractivity (Wildman–Crippen MR) is 155 cm³/mol. The summed E-state index contributed by atoms with van der Waals surface area (Å²) in [6.07, 6.45) is 5.93. The van der Waals surface area contributed by atoms with Crippen molar-refractivity contribution in [2.24, 2.45) is 0 Å². The maximum absolute atomic E-state index is 15.3. The summed E-state index contributed by atoms with van der Waals surface area (Å²) in [7, 11) is 1.68. The van der Waals surface area contributed by atoms with Crippen molar-refractivity contribution in [3.05, 3.63) is 58.9 Å². The first kappa shape index (κ1) is 30.2. The Morgan fingerprint density at radius 1 is 1.07 bits per heavy atom. The van der Waals surface area contributed by atoms with Crippen LogP contribution in [0.3, 0.4) is 0 Å². The van der Waals surface area contributed by atoms with Crippen molar-refractivity contribution in [2.75, 3.05) is 40.0 Å². The molecule has 0 aromatic heterocycles. The molecule has 0 saturated carbocycles. The predicted octanol–water partition coefficient (Wildman–Crippen LogP) is 4.97. The van der Waals surface area contributed by atoms with Crippen molar-refractivity contribution in [3.63, 3.8) is 0 Å². The topological polar surface area (TPSA) is 79.9 Å². The van der Waals surface area contributed by atoms with Crippen LogP contribution in [0.4, 0.5) is 4.39 Å². The molecule has 1 atom stereocenters. The minimum Gasteiger partial charge on any atom is -0.385 e. The highest BCUT2D eigenvalue weighted by Crippen LogP contribution is 2.31. The van der Waals surface area contributed by atoms with Gasteiger partial charge in [-0.2, -0.15) is 0 Å². The summed E-state index contributed by atoms with van der Waals surface area (Å²) in [5, 5.41) is 6.48. The van der Waals surface area contributed by atoms with Crippen LogP contribution in [0.1, 0.15) is 78.7 Å². The Bertz CT molecular complexity index is 1140. The number of aryl methyl sites for hydroxylation is 1. The van der Waals surface area contributed by atoms with E-state index in [0.717, 1.165) is 57.2 Å². The molecule has 2 fully saturated rings. The first-order valence-electron chi connectivity index (χ1n) is 14.7. The molecule has 0 aliphatic carbocycles. The van der Waals surface area contributed by atoms with Crippen LogP contribution in [0.15, 0.2) is 36.4 Å². The van der Waals surface area contributed by atoms with Gasteiger partial charge in [0.1, 0.15) is 5.82 Å². The highest BCUT2D eigenvalue weighted by molar-refractivity contribution is 5.97. The highest BCUT2D eigenvalue weighted by Gasteiger charge is 2.29. The summed E-state index contributed by atoms with van der Waals surface area (Å²) in [6, 6.07) is 10.4. The van der Waals surface area contributed by atoms with E-state index < -0.39 is 5.82 Å². The van der Waals surface area contributed by atoms with Gasteiger partial charge in [0, 0.05) is 68.3 Å². The zero-order valence-corrected chi connectivity index (χ0v) is 24.1. The second-order valence-corrected chi connectivity index (χ2v) is 11.2. The molecule has 7 nitrogen and oxygen atoms in total. The molecule has 2 aliphatic heterocycles. The molecule has 40 heavy (non-hydrogen) atoms. The maximum Gasteiger partial charge on any atom is 0.254 e. The number of hydrogen-bond donors (Lipinski definition) is 2. The fourth-order valence-electron chi connectivity index (χ4n) is 5.78. The molecule has 0 bridgehead atoms. The van der Waals surface area contributed by atoms with Crippen molar-refractivity contribution >= 4 is 11.8 Å². The van der Waals surface area contributed by atoms with Gasteiger partial charge in [-0.05, 0) is 107 Å². The largest absolute Gasteiger partial charge is 0.385 e. The molecule has 4 rings (SSSR count). The van der Waals surface area contributed by atoms with Crippen LogP contribution in [0, 0.1) is 5.82 Å². The van der Waals surface area contributed by atoms with Gasteiger partial charge in [-0.15, -0.1) is 0 Å². The summed E-state index contributed by atoms with van der Waals surface area (Å²) in [6.45, 7) is 7.78. The van der Waals surface area contributed by atoms with E-state index in [4.69, 9.17) is 9.47 Å². The van der Waals surface area contributed by atoms with Gasteiger partial charge < -0.3 is 25.0 Å². The average molecular weight is 554 g/mol. The molecule has 1 unspecified atom stereocenters. The summed E-state index contributed by atoms with van der Waals surface area (Å²) in [5.41, 5.74) is 3.01. The van der Waals surface area contributed by atoms with E-state index in [0.29, 0.717) is 48.5 Å². The van der Waals surface area contributed by atoms with Crippen molar-refractivity contribution < 1.29 is 23.5 Å². The molecule has 2 heterocycles. The Labute approximate surface area is 237 Å². The van der Waals surface area contributed by atoms with Gasteiger partial charge in [-0.25, -0.2) is 4.39 Å².